The summed E-state index contributed by atoms with van der Waals surface area (Å²) in [5.41, 5.74) is 2.07. The summed E-state index contributed by atoms with van der Waals surface area (Å²) >= 11 is 0. The molecular weight excluding hydrogens is 418 g/mol. The van der Waals surface area contributed by atoms with Gasteiger partial charge in [-0.1, -0.05) is 17.3 Å². The van der Waals surface area contributed by atoms with E-state index in [4.69, 9.17) is 18.9 Å². The van der Waals surface area contributed by atoms with Crippen molar-refractivity contribution < 1.29 is 28.5 Å². The molecule has 1 aliphatic heterocycles. The van der Waals surface area contributed by atoms with Crippen LogP contribution in [0.5, 0.6) is 17.2 Å². The summed E-state index contributed by atoms with van der Waals surface area (Å²) < 4.78 is 23.6. The van der Waals surface area contributed by atoms with Crippen molar-refractivity contribution in [3.63, 3.8) is 0 Å². The van der Waals surface area contributed by atoms with Gasteiger partial charge in [0, 0.05) is 19.4 Å². The number of hydrogen-bond donors (Lipinski definition) is 0. The number of amides is 1. The summed E-state index contributed by atoms with van der Waals surface area (Å²) in [5, 5.41) is 13.8. The molecule has 1 amide bonds. The summed E-state index contributed by atoms with van der Waals surface area (Å²) in [6, 6.07) is 10.7. The van der Waals surface area contributed by atoms with Crippen LogP contribution in [0.25, 0.3) is 11.0 Å². The average molecular weight is 439 g/mol. The topological polar surface area (TPSA) is 117 Å². The number of esters is 1. The molecule has 0 unspecified atom stereocenters. The van der Waals surface area contributed by atoms with Crippen LogP contribution in [0.1, 0.15) is 25.6 Å². The largest absolute Gasteiger partial charge is 0.493 e. The maximum atomic E-state index is 12.3. The van der Waals surface area contributed by atoms with Gasteiger partial charge in [0.15, 0.2) is 11.5 Å². The van der Waals surface area contributed by atoms with Gasteiger partial charge in [0.1, 0.15) is 12.1 Å². The second kappa shape index (κ2) is 8.53. The van der Waals surface area contributed by atoms with E-state index in [2.05, 4.69) is 15.4 Å². The molecule has 0 aliphatic carbocycles. The van der Waals surface area contributed by atoms with Gasteiger partial charge in [-0.05, 0) is 24.3 Å². The lowest BCUT2D eigenvalue weighted by atomic mass is 10.1. The highest BCUT2D eigenvalue weighted by atomic mass is 16.6. The zero-order valence-corrected chi connectivity index (χ0v) is 17.9. The lowest BCUT2D eigenvalue weighted by Crippen LogP contribution is -2.25. The van der Waals surface area contributed by atoms with Crippen molar-refractivity contribution in [1.82, 2.24) is 20.0 Å². The highest BCUT2D eigenvalue weighted by molar-refractivity contribution is 5.84. The van der Waals surface area contributed by atoms with E-state index in [0.717, 1.165) is 11.0 Å². The molecule has 2 aromatic carbocycles. The lowest BCUT2D eigenvalue weighted by Gasteiger charge is -2.21. The van der Waals surface area contributed by atoms with Gasteiger partial charge in [-0.3, -0.25) is 9.59 Å². The van der Waals surface area contributed by atoms with Crippen LogP contribution in [0.3, 0.4) is 0 Å². The average Bonchev–Trinajstić information content (AvgIpc) is 3.38. The molecule has 166 valence electrons. The number of para-hydroxylation sites is 1. The van der Waals surface area contributed by atoms with E-state index in [1.54, 1.807) is 16.8 Å². The smallest absolute Gasteiger partial charge is 0.308 e. The Morgan fingerprint density at radius 1 is 1.09 bits per heavy atom. The Morgan fingerprint density at radius 2 is 1.78 bits per heavy atom. The third-order valence-electron chi connectivity index (χ3n) is 4.73. The van der Waals surface area contributed by atoms with E-state index in [-0.39, 0.29) is 35.6 Å². The Morgan fingerprint density at radius 3 is 2.41 bits per heavy atom. The number of rotatable bonds is 6. The van der Waals surface area contributed by atoms with Gasteiger partial charge < -0.3 is 18.9 Å². The number of fused-ring (bicyclic) bond motifs is 1. The summed E-state index contributed by atoms with van der Waals surface area (Å²) in [5.74, 6) is 0.0596. The number of nitrogens with zero attached hydrogens (tertiary/aromatic N) is 5. The Balaban J connectivity index is 1.66. The van der Waals surface area contributed by atoms with E-state index >= 15 is 0 Å². The number of carbonyl (C=O) groups is 2. The van der Waals surface area contributed by atoms with Crippen LogP contribution < -0.4 is 14.2 Å². The van der Waals surface area contributed by atoms with E-state index in [9.17, 15) is 9.59 Å². The van der Waals surface area contributed by atoms with Crippen LogP contribution in [0.2, 0.25) is 0 Å². The summed E-state index contributed by atoms with van der Waals surface area (Å²) in [4.78, 5) is 23.8. The molecular formula is C21H21N5O6. The zero-order chi connectivity index (χ0) is 22.8. The Bertz CT molecular complexity index is 1200. The molecule has 11 nitrogen and oxygen atoms in total. The minimum atomic E-state index is -0.869. The minimum absolute atomic E-state index is 0.133. The normalized spacial score (nSPS) is 15.3. The number of ether oxygens (including phenoxy) is 4. The lowest BCUT2D eigenvalue weighted by molar-refractivity contribution is -0.135. The van der Waals surface area contributed by atoms with Crippen molar-refractivity contribution in [2.24, 2.45) is 5.10 Å². The first-order valence-electron chi connectivity index (χ1n) is 9.67. The molecule has 0 fully saturated rings. The molecule has 0 radical (unpaired) electrons. The predicted molar refractivity (Wildman–Crippen MR) is 112 cm³/mol. The zero-order valence-electron chi connectivity index (χ0n) is 17.9. The predicted octanol–water partition coefficient (Wildman–Crippen LogP) is 2.26. The molecule has 1 atom stereocenters. The molecule has 3 aromatic rings. The van der Waals surface area contributed by atoms with Crippen LogP contribution in [0.4, 0.5) is 0 Å². The molecule has 4 rings (SSSR count). The van der Waals surface area contributed by atoms with Gasteiger partial charge in [-0.15, -0.1) is 10.2 Å². The summed E-state index contributed by atoms with van der Waals surface area (Å²) in [6.45, 7) is 2.84. The minimum Gasteiger partial charge on any atom is -0.493 e. The van der Waals surface area contributed by atoms with Crippen molar-refractivity contribution in [1.29, 1.82) is 0 Å². The van der Waals surface area contributed by atoms with Crippen LogP contribution in [0.15, 0.2) is 41.5 Å². The van der Waals surface area contributed by atoms with E-state index in [0.29, 0.717) is 5.56 Å². The molecule has 0 spiro atoms. The third-order valence-corrected chi connectivity index (χ3v) is 4.73. The maximum absolute atomic E-state index is 12.3. The molecule has 0 N–H and O–H groups in total. The molecule has 32 heavy (non-hydrogen) atoms. The van der Waals surface area contributed by atoms with Crippen molar-refractivity contribution in [2.75, 3.05) is 14.2 Å². The molecule has 1 aromatic heterocycles. The van der Waals surface area contributed by atoms with Gasteiger partial charge in [-0.2, -0.15) is 5.01 Å². The number of aromatic nitrogens is 3. The SMILES string of the molecule is COc1cc([C@H]2OC(Cn3nnc4ccccc43)=NN2C(C)=O)cc(OC)c1OC(C)=O. The van der Waals surface area contributed by atoms with Crippen molar-refractivity contribution in [3.05, 3.63) is 42.0 Å². The third kappa shape index (κ3) is 3.92. The highest BCUT2D eigenvalue weighted by Gasteiger charge is 2.34. The summed E-state index contributed by atoms with van der Waals surface area (Å²) in [7, 11) is 2.86. The fraction of sp³-hybridized carbons (Fsp3) is 0.286. The summed E-state index contributed by atoms with van der Waals surface area (Å²) in [6.07, 6.45) is -0.869. The number of methoxy groups -OCH3 is 2. The van der Waals surface area contributed by atoms with Crippen LogP contribution in [-0.2, 0) is 20.9 Å². The number of hydrazone groups is 1. The Hall–Kier alpha value is -4.15. The molecule has 11 heteroatoms. The fourth-order valence-corrected chi connectivity index (χ4v) is 3.34. The standard InChI is InChI=1S/C21H21N5O6/c1-12(27)26-21(14-9-17(29-3)20(31-13(2)28)18(10-14)30-4)32-19(23-26)11-25-16-8-6-5-7-15(16)22-24-25/h5-10,21H,11H2,1-4H3/t21-/m1/s1. The second-order valence-corrected chi connectivity index (χ2v) is 6.91. The van der Waals surface area contributed by atoms with Crippen molar-refractivity contribution >= 4 is 28.8 Å². The van der Waals surface area contributed by atoms with Gasteiger partial charge in [0.25, 0.3) is 0 Å². The van der Waals surface area contributed by atoms with Gasteiger partial charge in [0.2, 0.25) is 23.8 Å². The van der Waals surface area contributed by atoms with Crippen molar-refractivity contribution in [2.45, 2.75) is 26.6 Å². The maximum Gasteiger partial charge on any atom is 0.308 e. The van der Waals surface area contributed by atoms with E-state index < -0.39 is 12.2 Å². The first-order valence-corrected chi connectivity index (χ1v) is 9.67. The highest BCUT2D eigenvalue weighted by Crippen LogP contribution is 2.42. The Kier molecular flexibility index (Phi) is 5.63. The van der Waals surface area contributed by atoms with Crippen LogP contribution in [-0.4, -0.2) is 52.0 Å². The molecule has 2 heterocycles. The monoisotopic (exact) mass is 439 g/mol. The first kappa shape index (κ1) is 21.1. The molecule has 0 bridgehead atoms. The quantitative estimate of drug-likeness (QED) is 0.424. The van der Waals surface area contributed by atoms with Crippen LogP contribution >= 0.6 is 0 Å². The number of benzene rings is 2. The Labute approximate surface area is 183 Å². The van der Waals surface area contributed by atoms with Gasteiger partial charge in [0.05, 0.1) is 19.7 Å². The second-order valence-electron chi connectivity index (χ2n) is 6.91. The van der Waals surface area contributed by atoms with E-state index in [1.807, 2.05) is 24.3 Å². The molecule has 0 saturated carbocycles. The van der Waals surface area contributed by atoms with Gasteiger partial charge >= 0.3 is 5.97 Å². The van der Waals surface area contributed by atoms with Gasteiger partial charge in [-0.25, -0.2) is 4.68 Å². The van der Waals surface area contributed by atoms with Crippen molar-refractivity contribution in [3.8, 4) is 17.2 Å². The number of hydrogen-bond acceptors (Lipinski definition) is 9. The van der Waals surface area contributed by atoms with Crippen LogP contribution in [0, 0.1) is 0 Å². The number of carbonyl (C=O) groups excluding carboxylic acids is 2. The van der Waals surface area contributed by atoms with E-state index in [1.165, 1.54) is 33.1 Å². The molecule has 0 saturated heterocycles. The fourth-order valence-electron chi connectivity index (χ4n) is 3.34. The first-order chi connectivity index (χ1) is 15.4. The molecule has 1 aliphatic rings.